The molecule has 0 fully saturated rings. The summed E-state index contributed by atoms with van der Waals surface area (Å²) in [6, 6.07) is 4.71. The Hall–Kier alpha value is -1.29. The first-order valence-corrected chi connectivity index (χ1v) is 6.35. The maximum Gasteiger partial charge on any atom is 0.0720 e. The van der Waals surface area contributed by atoms with Crippen molar-refractivity contribution in [2.24, 2.45) is 5.92 Å². The van der Waals surface area contributed by atoms with E-state index in [9.17, 15) is 5.26 Å². The Bertz CT molecular complexity index is 423. The van der Waals surface area contributed by atoms with Gasteiger partial charge in [0.2, 0.25) is 0 Å². The molecule has 1 heteroatoms. The van der Waals surface area contributed by atoms with Gasteiger partial charge < -0.3 is 0 Å². The van der Waals surface area contributed by atoms with Crippen LogP contribution in [0.1, 0.15) is 54.0 Å². The lowest BCUT2D eigenvalue weighted by Gasteiger charge is -2.20. The zero-order valence-electron chi connectivity index (χ0n) is 11.9. The molecule has 0 aliphatic rings. The molecule has 1 nitrogen and oxygen atoms in total. The Morgan fingerprint density at radius 3 is 1.88 bits per heavy atom. The van der Waals surface area contributed by atoms with Crippen LogP contribution in [0.2, 0.25) is 0 Å². The zero-order valence-corrected chi connectivity index (χ0v) is 11.9. The summed E-state index contributed by atoms with van der Waals surface area (Å²) < 4.78 is 0. The van der Waals surface area contributed by atoms with Crippen LogP contribution in [-0.2, 0) is 0 Å². The second-order valence-electron chi connectivity index (χ2n) is 5.49. The molecular formula is C16H23N. The number of benzene rings is 1. The fraction of sp³-hybridized carbons (Fsp3) is 0.562. The number of nitrogens with zero attached hydrogens (tertiary/aromatic N) is 1. The monoisotopic (exact) mass is 229 g/mol. The molecule has 0 spiro atoms. The van der Waals surface area contributed by atoms with Crippen LogP contribution in [0, 0.1) is 44.9 Å². The van der Waals surface area contributed by atoms with Crippen molar-refractivity contribution in [3.63, 3.8) is 0 Å². The molecule has 0 saturated carbocycles. The number of hydrogen-bond donors (Lipinski definition) is 0. The Morgan fingerprint density at radius 2 is 1.53 bits per heavy atom. The van der Waals surface area contributed by atoms with E-state index in [1.807, 2.05) is 0 Å². The first-order valence-electron chi connectivity index (χ1n) is 6.35. The highest BCUT2D eigenvalue weighted by Crippen LogP contribution is 2.32. The molecule has 1 unspecified atom stereocenters. The first kappa shape index (κ1) is 13.8. The van der Waals surface area contributed by atoms with Gasteiger partial charge in [-0.05, 0) is 67.9 Å². The van der Waals surface area contributed by atoms with Crippen LogP contribution in [0.25, 0.3) is 0 Å². The van der Waals surface area contributed by atoms with Crippen molar-refractivity contribution in [2.45, 2.75) is 53.9 Å². The summed E-state index contributed by atoms with van der Waals surface area (Å²) in [6.07, 6.45) is 0.946. The minimum absolute atomic E-state index is 0.0357. The summed E-state index contributed by atoms with van der Waals surface area (Å²) in [7, 11) is 0. The van der Waals surface area contributed by atoms with Gasteiger partial charge in [-0.25, -0.2) is 0 Å². The van der Waals surface area contributed by atoms with Crippen LogP contribution in [0.5, 0.6) is 0 Å². The molecule has 92 valence electrons. The van der Waals surface area contributed by atoms with Gasteiger partial charge in [-0.3, -0.25) is 0 Å². The maximum atomic E-state index is 9.41. The molecule has 0 bridgehead atoms. The van der Waals surface area contributed by atoms with Gasteiger partial charge in [-0.1, -0.05) is 19.9 Å². The lowest BCUT2D eigenvalue weighted by Crippen LogP contribution is -2.07. The Kier molecular flexibility index (Phi) is 4.34. The summed E-state index contributed by atoms with van der Waals surface area (Å²) >= 11 is 0. The molecule has 1 rings (SSSR count). The van der Waals surface area contributed by atoms with Crippen molar-refractivity contribution >= 4 is 0 Å². The van der Waals surface area contributed by atoms with Crippen molar-refractivity contribution in [3.05, 3.63) is 33.9 Å². The number of rotatable bonds is 3. The summed E-state index contributed by atoms with van der Waals surface area (Å²) in [5.41, 5.74) is 6.44. The lowest BCUT2D eigenvalue weighted by molar-refractivity contribution is 0.552. The molecule has 0 radical (unpaired) electrons. The molecule has 1 aromatic carbocycles. The summed E-state index contributed by atoms with van der Waals surface area (Å²) in [6.45, 7) is 12.9. The largest absolute Gasteiger partial charge is 0.198 e. The molecule has 1 atom stereocenters. The van der Waals surface area contributed by atoms with Gasteiger partial charge in [0, 0.05) is 0 Å². The molecular weight excluding hydrogens is 206 g/mol. The van der Waals surface area contributed by atoms with E-state index in [4.69, 9.17) is 0 Å². The summed E-state index contributed by atoms with van der Waals surface area (Å²) in [4.78, 5) is 0. The Morgan fingerprint density at radius 1 is 1.06 bits per heavy atom. The molecule has 0 aromatic heterocycles. The van der Waals surface area contributed by atoms with E-state index < -0.39 is 0 Å². The van der Waals surface area contributed by atoms with Crippen LogP contribution in [0.3, 0.4) is 0 Å². The average Bonchev–Trinajstić information content (AvgIpc) is 2.24. The zero-order chi connectivity index (χ0) is 13.2. The second kappa shape index (κ2) is 5.36. The molecule has 0 aliphatic carbocycles. The van der Waals surface area contributed by atoms with E-state index in [1.165, 1.54) is 27.8 Å². The minimum Gasteiger partial charge on any atom is -0.198 e. The number of nitriles is 1. The third kappa shape index (κ3) is 2.88. The molecule has 0 heterocycles. The summed E-state index contributed by atoms with van der Waals surface area (Å²) in [5.74, 6) is 0.591. The third-order valence-electron chi connectivity index (χ3n) is 3.64. The van der Waals surface area contributed by atoms with Crippen LogP contribution in [0.15, 0.2) is 6.07 Å². The van der Waals surface area contributed by atoms with Gasteiger partial charge in [-0.2, -0.15) is 5.26 Å². The predicted molar refractivity (Wildman–Crippen MR) is 73.2 cm³/mol. The van der Waals surface area contributed by atoms with Gasteiger partial charge in [0.25, 0.3) is 0 Å². The highest BCUT2D eigenvalue weighted by Gasteiger charge is 2.19. The van der Waals surface area contributed by atoms with Gasteiger partial charge in [0.15, 0.2) is 0 Å². The van der Waals surface area contributed by atoms with E-state index >= 15 is 0 Å². The molecule has 0 amide bonds. The van der Waals surface area contributed by atoms with E-state index in [0.29, 0.717) is 5.92 Å². The molecule has 0 saturated heterocycles. The Balaban J connectivity index is 3.33. The van der Waals surface area contributed by atoms with Gasteiger partial charge in [0.1, 0.15) is 0 Å². The highest BCUT2D eigenvalue weighted by atomic mass is 14.3. The minimum atomic E-state index is 0.0357. The number of aryl methyl sites for hydroxylation is 2. The third-order valence-corrected chi connectivity index (χ3v) is 3.64. The van der Waals surface area contributed by atoms with Gasteiger partial charge in [-0.15, -0.1) is 0 Å². The first-order chi connectivity index (χ1) is 7.88. The van der Waals surface area contributed by atoms with E-state index in [-0.39, 0.29) is 5.92 Å². The molecule has 0 N–H and O–H groups in total. The SMILES string of the molecule is Cc1cc(C)c(C)c(C(C#N)CC(C)C)c1C. The van der Waals surface area contributed by atoms with Crippen LogP contribution in [-0.4, -0.2) is 0 Å². The number of hydrogen-bond acceptors (Lipinski definition) is 1. The quantitative estimate of drug-likeness (QED) is 0.744. The predicted octanol–water partition coefficient (Wildman–Crippen LogP) is 4.57. The van der Waals surface area contributed by atoms with Crippen molar-refractivity contribution in [3.8, 4) is 6.07 Å². The van der Waals surface area contributed by atoms with Crippen LogP contribution >= 0.6 is 0 Å². The topological polar surface area (TPSA) is 23.8 Å². The highest BCUT2D eigenvalue weighted by molar-refractivity contribution is 5.47. The lowest BCUT2D eigenvalue weighted by atomic mass is 9.83. The second-order valence-corrected chi connectivity index (χ2v) is 5.49. The van der Waals surface area contributed by atoms with E-state index in [2.05, 4.69) is 53.7 Å². The van der Waals surface area contributed by atoms with Crippen molar-refractivity contribution in [2.75, 3.05) is 0 Å². The van der Waals surface area contributed by atoms with Crippen LogP contribution in [0.4, 0.5) is 0 Å². The van der Waals surface area contributed by atoms with Crippen molar-refractivity contribution in [1.82, 2.24) is 0 Å². The van der Waals surface area contributed by atoms with Crippen molar-refractivity contribution in [1.29, 1.82) is 5.26 Å². The molecule has 0 aliphatic heterocycles. The normalized spacial score (nSPS) is 12.6. The molecule has 1 aromatic rings. The van der Waals surface area contributed by atoms with E-state index in [1.54, 1.807) is 0 Å². The fourth-order valence-electron chi connectivity index (χ4n) is 2.48. The molecule has 17 heavy (non-hydrogen) atoms. The van der Waals surface area contributed by atoms with Crippen molar-refractivity contribution < 1.29 is 0 Å². The van der Waals surface area contributed by atoms with Crippen LogP contribution < -0.4 is 0 Å². The summed E-state index contributed by atoms with van der Waals surface area (Å²) in [5, 5.41) is 9.41. The fourth-order valence-corrected chi connectivity index (χ4v) is 2.48. The van der Waals surface area contributed by atoms with E-state index in [0.717, 1.165) is 6.42 Å². The van der Waals surface area contributed by atoms with Gasteiger partial charge in [0.05, 0.1) is 12.0 Å². The standard InChI is InChI=1S/C16H23N/c1-10(2)7-15(9-17)16-13(5)11(3)8-12(4)14(16)6/h8,10,15H,7H2,1-6H3. The van der Waals surface area contributed by atoms with Gasteiger partial charge >= 0.3 is 0 Å². The maximum absolute atomic E-state index is 9.41. The Labute approximate surface area is 105 Å². The average molecular weight is 229 g/mol. The smallest absolute Gasteiger partial charge is 0.0720 e.